The minimum atomic E-state index is -0.358. The Bertz CT molecular complexity index is 1180. The summed E-state index contributed by atoms with van der Waals surface area (Å²) in [6.45, 7) is 15.8. The molecule has 1 aromatic rings. The summed E-state index contributed by atoms with van der Waals surface area (Å²) in [4.78, 5) is 2.52. The molecule has 332 valence electrons. The molecule has 0 aromatic heterocycles. The number of ether oxygens (including phenoxy) is 4. The minimum absolute atomic E-state index is 0.119. The molecule has 0 radical (unpaired) electrons. The molecule has 5 heteroatoms. The van der Waals surface area contributed by atoms with E-state index in [0.29, 0.717) is 6.61 Å². The van der Waals surface area contributed by atoms with Crippen molar-refractivity contribution in [2.75, 3.05) is 32.8 Å². The molecule has 5 nitrogen and oxygen atoms in total. The third-order valence-corrected chi connectivity index (χ3v) is 11.1. The lowest BCUT2D eigenvalue weighted by Crippen LogP contribution is -2.37. The van der Waals surface area contributed by atoms with Crippen molar-refractivity contribution in [2.24, 2.45) is 0 Å². The van der Waals surface area contributed by atoms with Gasteiger partial charge in [-0.2, -0.15) is 0 Å². The van der Waals surface area contributed by atoms with Crippen molar-refractivity contribution in [1.82, 2.24) is 4.90 Å². The molecule has 0 aliphatic carbocycles. The van der Waals surface area contributed by atoms with Crippen LogP contribution >= 0.6 is 0 Å². The van der Waals surface area contributed by atoms with Gasteiger partial charge < -0.3 is 23.8 Å². The van der Waals surface area contributed by atoms with Crippen molar-refractivity contribution < 1.29 is 18.9 Å². The van der Waals surface area contributed by atoms with Crippen LogP contribution in [0, 0.1) is 0 Å². The third-order valence-electron chi connectivity index (χ3n) is 11.1. The average Bonchev–Trinajstić information content (AvgIpc) is 3.71. The van der Waals surface area contributed by atoms with E-state index in [2.05, 4.69) is 100 Å². The SMILES string of the molecule is CCCC/C=C\C/C=C\CCCCC.CCCCC/C=C\C/C=C\CCCCCCCCOc1cc(OC(C)CCCC)cc(C2OCC(CN3CCCCC3)O2)c1. The van der Waals surface area contributed by atoms with E-state index in [1.165, 1.54) is 154 Å². The Kier molecular flexibility index (Phi) is 33.6. The van der Waals surface area contributed by atoms with Gasteiger partial charge in [-0.1, -0.05) is 160 Å². The number of rotatable bonds is 33. The standard InChI is InChI=1S/C39H65NO4.C14H26/c1-4-6-8-9-10-11-12-13-14-15-16-17-18-19-20-24-28-41-36-29-35(30-37(31-36)43-34(3)25-7-5-2)39-42-33-38(44-39)32-40-26-22-21-23-27-40;1-3-5-7-9-11-13-14-12-10-8-6-4-2/h10-11,13-14,29-31,34,38-39H,4-9,12,15-28,32-33H2,1-3H3;9,11-12,14H,3-8,10,13H2,1-2H3/b11-10-,14-13-;11-9-,14-12-. The van der Waals surface area contributed by atoms with Gasteiger partial charge in [0.1, 0.15) is 11.5 Å². The molecule has 0 spiro atoms. The molecule has 2 aliphatic heterocycles. The van der Waals surface area contributed by atoms with Crippen molar-refractivity contribution in [1.29, 1.82) is 0 Å². The Morgan fingerprint density at radius 2 is 1.14 bits per heavy atom. The van der Waals surface area contributed by atoms with Crippen LogP contribution in [0.25, 0.3) is 0 Å². The Hall–Kier alpha value is -2.34. The highest BCUT2D eigenvalue weighted by atomic mass is 16.7. The van der Waals surface area contributed by atoms with Gasteiger partial charge in [-0.05, 0) is 116 Å². The van der Waals surface area contributed by atoms with E-state index in [-0.39, 0.29) is 18.5 Å². The van der Waals surface area contributed by atoms with E-state index in [1.54, 1.807) is 0 Å². The summed E-state index contributed by atoms with van der Waals surface area (Å²) in [6, 6.07) is 6.22. The second kappa shape index (κ2) is 37.6. The quantitative estimate of drug-likeness (QED) is 0.0523. The fraction of sp³-hybridized carbons (Fsp3) is 0.736. The monoisotopic (exact) mass is 806 g/mol. The zero-order valence-electron chi connectivity index (χ0n) is 38.6. The van der Waals surface area contributed by atoms with Gasteiger partial charge in [0, 0.05) is 18.2 Å². The highest BCUT2D eigenvalue weighted by molar-refractivity contribution is 5.39. The molecule has 2 fully saturated rings. The summed E-state index contributed by atoms with van der Waals surface area (Å²) in [5.41, 5.74) is 0.999. The number of likely N-dealkylation sites (tertiary alicyclic amines) is 1. The molecule has 2 heterocycles. The fourth-order valence-electron chi connectivity index (χ4n) is 7.43. The van der Waals surface area contributed by atoms with Gasteiger partial charge in [0.15, 0.2) is 6.29 Å². The molecule has 0 bridgehead atoms. The minimum Gasteiger partial charge on any atom is -0.493 e. The van der Waals surface area contributed by atoms with Crippen LogP contribution in [0.2, 0.25) is 0 Å². The van der Waals surface area contributed by atoms with Crippen molar-refractivity contribution >= 4 is 0 Å². The molecular formula is C53H91NO4. The number of allylic oxidation sites excluding steroid dienone is 8. The molecule has 2 saturated heterocycles. The van der Waals surface area contributed by atoms with Crippen LogP contribution in [-0.2, 0) is 9.47 Å². The lowest BCUT2D eigenvalue weighted by Gasteiger charge is -2.28. The average molecular weight is 806 g/mol. The Balaban J connectivity index is 0.000000704. The molecule has 1 aromatic carbocycles. The van der Waals surface area contributed by atoms with Crippen LogP contribution < -0.4 is 9.47 Å². The number of hydrogen-bond donors (Lipinski definition) is 0. The second-order valence-electron chi connectivity index (χ2n) is 16.8. The van der Waals surface area contributed by atoms with Crippen molar-refractivity contribution in [3.8, 4) is 11.5 Å². The highest BCUT2D eigenvalue weighted by Crippen LogP contribution is 2.34. The maximum atomic E-state index is 6.39. The van der Waals surface area contributed by atoms with Crippen LogP contribution in [0.1, 0.15) is 213 Å². The number of unbranched alkanes of at least 4 members (excludes halogenated alkanes) is 15. The number of piperidine rings is 1. The van der Waals surface area contributed by atoms with Crippen molar-refractivity contribution in [3.05, 3.63) is 72.4 Å². The van der Waals surface area contributed by atoms with E-state index in [9.17, 15) is 0 Å². The predicted molar refractivity (Wildman–Crippen MR) is 251 cm³/mol. The first-order chi connectivity index (χ1) is 28.6. The molecule has 0 N–H and O–H groups in total. The van der Waals surface area contributed by atoms with Crippen molar-refractivity contribution in [2.45, 2.75) is 220 Å². The largest absolute Gasteiger partial charge is 0.493 e. The van der Waals surface area contributed by atoms with E-state index >= 15 is 0 Å². The Morgan fingerprint density at radius 3 is 1.74 bits per heavy atom. The van der Waals surface area contributed by atoms with Gasteiger partial charge in [0.2, 0.25) is 0 Å². The van der Waals surface area contributed by atoms with Crippen LogP contribution in [0.15, 0.2) is 66.8 Å². The fourth-order valence-corrected chi connectivity index (χ4v) is 7.43. The number of hydrogen-bond acceptors (Lipinski definition) is 5. The summed E-state index contributed by atoms with van der Waals surface area (Å²) >= 11 is 0. The molecule has 58 heavy (non-hydrogen) atoms. The van der Waals surface area contributed by atoms with Crippen LogP contribution in [0.4, 0.5) is 0 Å². The zero-order chi connectivity index (χ0) is 41.6. The highest BCUT2D eigenvalue weighted by Gasteiger charge is 2.30. The smallest absolute Gasteiger partial charge is 0.184 e. The lowest BCUT2D eigenvalue weighted by atomic mass is 10.1. The predicted octanol–water partition coefficient (Wildman–Crippen LogP) is 16.0. The number of nitrogens with zero attached hydrogens (tertiary/aromatic N) is 1. The van der Waals surface area contributed by atoms with Crippen LogP contribution in [0.5, 0.6) is 11.5 Å². The lowest BCUT2D eigenvalue weighted by molar-refractivity contribution is -0.0651. The van der Waals surface area contributed by atoms with Gasteiger partial charge in [-0.15, -0.1) is 0 Å². The van der Waals surface area contributed by atoms with Gasteiger partial charge in [-0.25, -0.2) is 0 Å². The Morgan fingerprint density at radius 1 is 0.603 bits per heavy atom. The summed E-state index contributed by atoms with van der Waals surface area (Å²) < 4.78 is 25.1. The van der Waals surface area contributed by atoms with Crippen LogP contribution in [-0.4, -0.2) is 50.0 Å². The molecule has 3 unspecified atom stereocenters. The molecular weight excluding hydrogens is 715 g/mol. The topological polar surface area (TPSA) is 40.2 Å². The van der Waals surface area contributed by atoms with Gasteiger partial charge >= 0.3 is 0 Å². The Labute approximate surface area is 359 Å². The molecule has 3 atom stereocenters. The summed E-state index contributed by atoms with van der Waals surface area (Å²) in [7, 11) is 0. The second-order valence-corrected chi connectivity index (χ2v) is 16.8. The van der Waals surface area contributed by atoms with E-state index in [4.69, 9.17) is 18.9 Å². The maximum absolute atomic E-state index is 6.39. The zero-order valence-corrected chi connectivity index (χ0v) is 38.6. The first-order valence-electron chi connectivity index (χ1n) is 24.6. The summed E-state index contributed by atoms with van der Waals surface area (Å²) in [5, 5.41) is 0. The first kappa shape index (κ1) is 51.8. The van der Waals surface area contributed by atoms with Crippen LogP contribution in [0.3, 0.4) is 0 Å². The van der Waals surface area contributed by atoms with E-state index < -0.39 is 0 Å². The third kappa shape index (κ3) is 28.2. The van der Waals surface area contributed by atoms with E-state index in [0.717, 1.165) is 55.9 Å². The number of benzene rings is 1. The molecule has 0 amide bonds. The summed E-state index contributed by atoms with van der Waals surface area (Å²) in [6.07, 6.45) is 51.1. The maximum Gasteiger partial charge on any atom is 0.184 e. The molecule has 2 aliphatic rings. The molecule has 0 saturated carbocycles. The van der Waals surface area contributed by atoms with Gasteiger partial charge in [-0.3, -0.25) is 0 Å². The summed E-state index contributed by atoms with van der Waals surface area (Å²) in [5.74, 6) is 1.71. The normalized spacial score (nSPS) is 18.2. The molecule has 3 rings (SSSR count). The first-order valence-corrected chi connectivity index (χ1v) is 24.6. The van der Waals surface area contributed by atoms with E-state index in [1.807, 2.05) is 6.07 Å². The van der Waals surface area contributed by atoms with Crippen molar-refractivity contribution in [3.63, 3.8) is 0 Å². The van der Waals surface area contributed by atoms with Gasteiger partial charge in [0.05, 0.1) is 25.4 Å². The van der Waals surface area contributed by atoms with Gasteiger partial charge in [0.25, 0.3) is 0 Å².